The van der Waals surface area contributed by atoms with Gasteiger partial charge in [-0.05, 0) is 47.5 Å². The molecule has 2 fully saturated rings. The summed E-state index contributed by atoms with van der Waals surface area (Å²) in [5, 5.41) is 11.8. The number of hydrogen-bond acceptors (Lipinski definition) is 5. The van der Waals surface area contributed by atoms with E-state index >= 15 is 0 Å². The summed E-state index contributed by atoms with van der Waals surface area (Å²) in [6.07, 6.45) is 1.83. The van der Waals surface area contributed by atoms with Crippen LogP contribution in [0.15, 0.2) is 22.9 Å². The molecule has 2 aliphatic heterocycles. The number of aliphatic hydroxyl groups is 1. The maximum absolute atomic E-state index is 8.85. The highest BCUT2D eigenvalue weighted by Gasteiger charge is 2.38. The summed E-state index contributed by atoms with van der Waals surface area (Å²) < 4.78 is 6.30. The SMILES string of the molecule is CC1(O)CNC1.COC1(C)CN(Cc2ccnc(Br)c2)C1. The van der Waals surface area contributed by atoms with E-state index in [0.717, 1.165) is 37.3 Å². The van der Waals surface area contributed by atoms with Crippen LogP contribution in [0.1, 0.15) is 19.4 Å². The zero-order chi connectivity index (χ0) is 15.5. The van der Waals surface area contributed by atoms with Gasteiger partial charge < -0.3 is 15.2 Å². The number of nitrogens with zero attached hydrogens (tertiary/aromatic N) is 2. The van der Waals surface area contributed by atoms with Crippen LogP contribution in [0.25, 0.3) is 0 Å². The predicted molar refractivity (Wildman–Crippen MR) is 86.1 cm³/mol. The van der Waals surface area contributed by atoms with E-state index in [1.807, 2.05) is 19.2 Å². The Morgan fingerprint density at radius 1 is 1.43 bits per heavy atom. The van der Waals surface area contributed by atoms with Crippen LogP contribution >= 0.6 is 15.9 Å². The lowest BCUT2D eigenvalue weighted by Gasteiger charge is -2.46. The molecule has 118 valence electrons. The van der Waals surface area contributed by atoms with Crippen LogP contribution in [0.5, 0.6) is 0 Å². The summed E-state index contributed by atoms with van der Waals surface area (Å²) in [7, 11) is 1.78. The summed E-state index contributed by atoms with van der Waals surface area (Å²) >= 11 is 3.37. The number of β-amino-alcohol motifs (C(OH)–C–C–N with tert-alkyl or cyclic N) is 1. The molecule has 21 heavy (non-hydrogen) atoms. The quantitative estimate of drug-likeness (QED) is 0.801. The van der Waals surface area contributed by atoms with E-state index in [2.05, 4.69) is 44.1 Å². The molecule has 5 nitrogen and oxygen atoms in total. The number of aromatic nitrogens is 1. The van der Waals surface area contributed by atoms with Gasteiger partial charge in [0.05, 0.1) is 11.2 Å². The fraction of sp³-hybridized carbons (Fsp3) is 0.667. The Morgan fingerprint density at radius 2 is 2.05 bits per heavy atom. The highest BCUT2D eigenvalue weighted by Crippen LogP contribution is 2.25. The normalized spacial score (nSPS) is 22.5. The molecule has 1 aromatic heterocycles. The van der Waals surface area contributed by atoms with Gasteiger partial charge in [0.2, 0.25) is 0 Å². The van der Waals surface area contributed by atoms with Crippen molar-refractivity contribution in [3.05, 3.63) is 28.5 Å². The standard InChI is InChI=1S/C11H15BrN2O.C4H9NO/c1-11(15-2)7-14(8-11)6-9-3-4-13-10(12)5-9;1-4(6)2-5-3-4/h3-5H,6-8H2,1-2H3;5-6H,2-3H2,1H3. The van der Waals surface area contributed by atoms with Crippen molar-refractivity contribution >= 4 is 15.9 Å². The second-order valence-corrected chi connectivity index (χ2v) is 7.20. The van der Waals surface area contributed by atoms with E-state index in [9.17, 15) is 0 Å². The van der Waals surface area contributed by atoms with E-state index in [4.69, 9.17) is 9.84 Å². The molecule has 0 radical (unpaired) electrons. The van der Waals surface area contributed by atoms with Crippen LogP contribution in [0, 0.1) is 0 Å². The number of pyridine rings is 1. The molecule has 0 amide bonds. The first-order valence-electron chi connectivity index (χ1n) is 7.13. The first-order valence-corrected chi connectivity index (χ1v) is 7.92. The third-order valence-corrected chi connectivity index (χ3v) is 4.25. The zero-order valence-corrected chi connectivity index (χ0v) is 14.5. The van der Waals surface area contributed by atoms with Crippen LogP contribution in [0.2, 0.25) is 0 Å². The molecule has 1 aromatic rings. The maximum atomic E-state index is 8.85. The summed E-state index contributed by atoms with van der Waals surface area (Å²) in [6, 6.07) is 4.11. The highest BCUT2D eigenvalue weighted by atomic mass is 79.9. The zero-order valence-electron chi connectivity index (χ0n) is 12.9. The lowest BCUT2D eigenvalue weighted by Crippen LogP contribution is -2.60. The van der Waals surface area contributed by atoms with E-state index in [0.29, 0.717) is 0 Å². The summed E-state index contributed by atoms with van der Waals surface area (Å²) in [5.74, 6) is 0. The van der Waals surface area contributed by atoms with Gasteiger partial charge in [0.25, 0.3) is 0 Å². The summed E-state index contributed by atoms with van der Waals surface area (Å²) in [6.45, 7) is 8.46. The van der Waals surface area contributed by atoms with E-state index in [-0.39, 0.29) is 11.2 Å². The molecule has 2 N–H and O–H groups in total. The largest absolute Gasteiger partial charge is 0.388 e. The maximum Gasteiger partial charge on any atom is 0.106 e. The summed E-state index contributed by atoms with van der Waals surface area (Å²) in [5.41, 5.74) is 0.958. The Labute approximate surface area is 134 Å². The molecule has 0 saturated carbocycles. The number of nitrogens with one attached hydrogen (secondary N) is 1. The van der Waals surface area contributed by atoms with Gasteiger partial charge in [-0.1, -0.05) is 0 Å². The van der Waals surface area contributed by atoms with Crippen molar-refractivity contribution in [3.8, 4) is 0 Å². The van der Waals surface area contributed by atoms with Crippen molar-refractivity contribution in [3.63, 3.8) is 0 Å². The lowest BCUT2D eigenvalue weighted by atomic mass is 9.96. The van der Waals surface area contributed by atoms with E-state index in [1.54, 1.807) is 7.11 Å². The monoisotopic (exact) mass is 357 g/mol. The smallest absolute Gasteiger partial charge is 0.106 e. The van der Waals surface area contributed by atoms with Crippen molar-refractivity contribution in [2.24, 2.45) is 0 Å². The van der Waals surface area contributed by atoms with E-state index < -0.39 is 0 Å². The van der Waals surface area contributed by atoms with Gasteiger partial charge in [-0.25, -0.2) is 4.98 Å². The van der Waals surface area contributed by atoms with Crippen LogP contribution in [0.3, 0.4) is 0 Å². The minimum atomic E-state index is -0.389. The number of likely N-dealkylation sites (tertiary alicyclic amines) is 1. The van der Waals surface area contributed by atoms with Gasteiger partial charge in [0, 0.05) is 46.0 Å². The second-order valence-electron chi connectivity index (χ2n) is 6.39. The molecule has 0 aliphatic carbocycles. The van der Waals surface area contributed by atoms with Crippen molar-refractivity contribution in [1.82, 2.24) is 15.2 Å². The first kappa shape index (κ1) is 16.8. The number of halogens is 1. The Morgan fingerprint density at radius 3 is 2.48 bits per heavy atom. The molecule has 3 heterocycles. The van der Waals surface area contributed by atoms with Gasteiger partial charge in [-0.2, -0.15) is 0 Å². The topological polar surface area (TPSA) is 57.6 Å². The predicted octanol–water partition coefficient (Wildman–Crippen LogP) is 1.41. The van der Waals surface area contributed by atoms with E-state index in [1.165, 1.54) is 5.56 Å². The van der Waals surface area contributed by atoms with Crippen LogP contribution in [0.4, 0.5) is 0 Å². The molecular formula is C15H24BrN3O2. The van der Waals surface area contributed by atoms with Crippen molar-refractivity contribution < 1.29 is 9.84 Å². The van der Waals surface area contributed by atoms with Gasteiger partial charge in [0.15, 0.2) is 0 Å². The van der Waals surface area contributed by atoms with Crippen molar-refractivity contribution in [2.75, 3.05) is 33.3 Å². The minimum absolute atomic E-state index is 0.0598. The van der Waals surface area contributed by atoms with Crippen LogP contribution < -0.4 is 5.32 Å². The molecule has 2 saturated heterocycles. The fourth-order valence-corrected chi connectivity index (χ4v) is 2.84. The Kier molecular flexibility index (Phi) is 5.38. The van der Waals surface area contributed by atoms with Crippen molar-refractivity contribution in [1.29, 1.82) is 0 Å². The number of hydrogen-bond donors (Lipinski definition) is 2. The van der Waals surface area contributed by atoms with Crippen molar-refractivity contribution in [2.45, 2.75) is 31.6 Å². The third kappa shape index (κ3) is 5.00. The molecule has 3 rings (SSSR count). The number of methoxy groups -OCH3 is 1. The second kappa shape index (κ2) is 6.71. The minimum Gasteiger partial charge on any atom is -0.388 e. The summed E-state index contributed by atoms with van der Waals surface area (Å²) in [4.78, 5) is 6.48. The number of ether oxygens (including phenoxy) is 1. The van der Waals surface area contributed by atoms with Gasteiger partial charge in [0.1, 0.15) is 4.60 Å². The third-order valence-electron chi connectivity index (χ3n) is 3.82. The Balaban J connectivity index is 0.000000225. The fourth-order valence-electron chi connectivity index (χ4n) is 2.43. The molecule has 0 unspecified atom stereocenters. The molecule has 0 bridgehead atoms. The first-order chi connectivity index (χ1) is 9.82. The van der Waals surface area contributed by atoms with Gasteiger partial charge in [-0.3, -0.25) is 4.90 Å². The molecule has 0 spiro atoms. The molecule has 6 heteroatoms. The Bertz CT molecular complexity index is 470. The van der Waals surface area contributed by atoms with Crippen LogP contribution in [-0.4, -0.2) is 59.5 Å². The molecular weight excluding hydrogens is 334 g/mol. The van der Waals surface area contributed by atoms with Crippen LogP contribution in [-0.2, 0) is 11.3 Å². The average Bonchev–Trinajstić information content (AvgIpc) is 2.36. The average molecular weight is 358 g/mol. The Hall–Kier alpha value is -0.530. The lowest BCUT2D eigenvalue weighted by molar-refractivity contribution is -0.114. The molecule has 2 aliphatic rings. The van der Waals surface area contributed by atoms with Gasteiger partial charge >= 0.3 is 0 Å². The molecule has 0 aromatic carbocycles. The molecule has 0 atom stereocenters. The number of rotatable bonds is 3. The highest BCUT2D eigenvalue weighted by molar-refractivity contribution is 9.10. The van der Waals surface area contributed by atoms with Gasteiger partial charge in [-0.15, -0.1) is 0 Å².